The van der Waals surface area contributed by atoms with E-state index >= 15 is 0 Å². The first-order valence-corrected chi connectivity index (χ1v) is 3.81. The molecule has 0 aliphatic carbocycles. The van der Waals surface area contributed by atoms with E-state index < -0.39 is 0 Å². The Hall–Kier alpha value is -0.470. The van der Waals surface area contributed by atoms with Crippen molar-refractivity contribution in [2.24, 2.45) is 0 Å². The zero-order valence-electron chi connectivity index (χ0n) is 5.60. The van der Waals surface area contributed by atoms with E-state index in [0.29, 0.717) is 17.0 Å². The molecule has 0 saturated heterocycles. The lowest BCUT2D eigenvalue weighted by Crippen LogP contribution is -1.89. The van der Waals surface area contributed by atoms with Crippen LogP contribution in [0.1, 0.15) is 5.56 Å². The van der Waals surface area contributed by atoms with Crippen LogP contribution in [0.2, 0.25) is 5.02 Å². The van der Waals surface area contributed by atoms with Gasteiger partial charge in [-0.15, -0.1) is 0 Å². The number of hydrogen-bond acceptors (Lipinski definition) is 1. The lowest BCUT2D eigenvalue weighted by molar-refractivity contribution is 0.616. The van der Waals surface area contributed by atoms with Crippen molar-refractivity contribution in [1.29, 1.82) is 0 Å². The van der Waals surface area contributed by atoms with Crippen LogP contribution < -0.4 is 0 Å². The van der Waals surface area contributed by atoms with Gasteiger partial charge in [0.05, 0.1) is 0 Å². The maximum Gasteiger partial charge on any atom is 0.128 e. The minimum absolute atomic E-state index is 0.324. The van der Waals surface area contributed by atoms with Gasteiger partial charge in [-0.05, 0) is 17.7 Å². The summed E-state index contributed by atoms with van der Waals surface area (Å²) < 4.78 is 12.9. The smallest absolute Gasteiger partial charge is 0.128 e. The molecular formula is C8H5ClFS. The molecule has 1 aromatic rings. The molecule has 0 nitrogen and oxygen atoms in total. The first kappa shape index (κ1) is 8.62. The van der Waals surface area contributed by atoms with Gasteiger partial charge >= 0.3 is 0 Å². The van der Waals surface area contributed by atoms with Gasteiger partial charge in [0.15, 0.2) is 0 Å². The Morgan fingerprint density at radius 2 is 2.27 bits per heavy atom. The number of thiocarbonyl (C=S) groups is 1. The van der Waals surface area contributed by atoms with Gasteiger partial charge in [0.25, 0.3) is 0 Å². The summed E-state index contributed by atoms with van der Waals surface area (Å²) in [6.45, 7) is 0. The molecule has 3 heteroatoms. The summed E-state index contributed by atoms with van der Waals surface area (Å²) in [7, 11) is 0. The SMILES string of the molecule is Fc1cc(Cl)ccc1C[C]=S. The molecule has 0 atom stereocenters. The quantitative estimate of drug-likeness (QED) is 0.642. The van der Waals surface area contributed by atoms with E-state index in [9.17, 15) is 4.39 Å². The third-order valence-corrected chi connectivity index (χ3v) is 1.66. The van der Waals surface area contributed by atoms with Crippen LogP contribution in [0.15, 0.2) is 18.2 Å². The second kappa shape index (κ2) is 3.79. The standard InChI is InChI=1S/C8H5ClFS/c9-7-2-1-6(3-4-11)8(10)5-7/h1-2,5H,3H2. The molecule has 0 fully saturated rings. The van der Waals surface area contributed by atoms with Gasteiger partial charge in [-0.1, -0.05) is 29.9 Å². The maximum absolute atomic E-state index is 12.9. The van der Waals surface area contributed by atoms with E-state index in [2.05, 4.69) is 17.6 Å². The van der Waals surface area contributed by atoms with Crippen molar-refractivity contribution in [3.8, 4) is 0 Å². The number of hydrogen-bond donors (Lipinski definition) is 0. The first-order chi connectivity index (χ1) is 5.24. The fourth-order valence-corrected chi connectivity index (χ4v) is 1.06. The molecule has 0 aliphatic heterocycles. The number of halogens is 2. The average Bonchev–Trinajstić information content (AvgIpc) is 1.95. The van der Waals surface area contributed by atoms with Crippen LogP contribution in [-0.2, 0) is 6.42 Å². The van der Waals surface area contributed by atoms with E-state index in [0.717, 1.165) is 0 Å². The average molecular weight is 188 g/mol. The molecule has 1 aromatic carbocycles. The number of benzene rings is 1. The Balaban J connectivity index is 2.98. The van der Waals surface area contributed by atoms with Crippen LogP contribution in [-0.4, -0.2) is 5.37 Å². The molecule has 11 heavy (non-hydrogen) atoms. The minimum atomic E-state index is -0.324. The lowest BCUT2D eigenvalue weighted by Gasteiger charge is -1.97. The Bertz CT molecular complexity index is 273. The third-order valence-electron chi connectivity index (χ3n) is 1.28. The van der Waals surface area contributed by atoms with Gasteiger partial charge in [-0.25, -0.2) is 4.39 Å². The summed E-state index contributed by atoms with van der Waals surface area (Å²) in [5.41, 5.74) is 0.532. The number of rotatable bonds is 2. The molecule has 1 rings (SSSR count). The van der Waals surface area contributed by atoms with Crippen LogP contribution in [0, 0.1) is 5.82 Å². The highest BCUT2D eigenvalue weighted by Gasteiger charge is 1.99. The fraction of sp³-hybridized carbons (Fsp3) is 0.125. The summed E-state index contributed by atoms with van der Waals surface area (Å²) in [6, 6.07) is 4.51. The molecule has 0 heterocycles. The molecule has 0 unspecified atom stereocenters. The first-order valence-electron chi connectivity index (χ1n) is 3.03. The normalized spacial score (nSPS) is 9.64. The molecule has 0 saturated carbocycles. The van der Waals surface area contributed by atoms with E-state index in [4.69, 9.17) is 11.6 Å². The lowest BCUT2D eigenvalue weighted by atomic mass is 10.2. The maximum atomic E-state index is 12.9. The van der Waals surface area contributed by atoms with Gasteiger partial charge in [0, 0.05) is 16.8 Å². The second-order valence-corrected chi connectivity index (χ2v) is 2.78. The van der Waals surface area contributed by atoms with Crippen LogP contribution in [0.4, 0.5) is 4.39 Å². The van der Waals surface area contributed by atoms with Crippen molar-refractivity contribution in [2.75, 3.05) is 0 Å². The van der Waals surface area contributed by atoms with Crippen LogP contribution in [0.5, 0.6) is 0 Å². The van der Waals surface area contributed by atoms with Gasteiger partial charge in [0.2, 0.25) is 0 Å². The molecule has 0 bridgehead atoms. The Morgan fingerprint density at radius 1 is 1.55 bits per heavy atom. The zero-order valence-corrected chi connectivity index (χ0v) is 7.18. The summed E-state index contributed by atoms with van der Waals surface area (Å²) in [5.74, 6) is -0.324. The highest BCUT2D eigenvalue weighted by molar-refractivity contribution is 7.78. The predicted molar refractivity (Wildman–Crippen MR) is 47.7 cm³/mol. The van der Waals surface area contributed by atoms with Crippen LogP contribution >= 0.6 is 23.8 Å². The molecule has 0 aromatic heterocycles. The topological polar surface area (TPSA) is 0 Å². The van der Waals surface area contributed by atoms with Crippen molar-refractivity contribution in [2.45, 2.75) is 6.42 Å². The van der Waals surface area contributed by atoms with Gasteiger partial charge in [-0.2, -0.15) is 0 Å². The third kappa shape index (κ3) is 2.24. The largest absolute Gasteiger partial charge is 0.207 e. The van der Waals surface area contributed by atoms with Crippen LogP contribution in [0.3, 0.4) is 0 Å². The van der Waals surface area contributed by atoms with Crippen LogP contribution in [0.25, 0.3) is 0 Å². The summed E-state index contributed by atoms with van der Waals surface area (Å²) >= 11 is 10.0. The summed E-state index contributed by atoms with van der Waals surface area (Å²) in [4.78, 5) is 0. The highest BCUT2D eigenvalue weighted by atomic mass is 35.5. The van der Waals surface area contributed by atoms with Crippen molar-refractivity contribution in [1.82, 2.24) is 0 Å². The van der Waals surface area contributed by atoms with Crippen molar-refractivity contribution in [3.63, 3.8) is 0 Å². The van der Waals surface area contributed by atoms with Crippen molar-refractivity contribution in [3.05, 3.63) is 34.6 Å². The van der Waals surface area contributed by atoms with Crippen molar-refractivity contribution < 1.29 is 4.39 Å². The summed E-state index contributed by atoms with van der Waals surface area (Å²) in [6.07, 6.45) is 0.346. The van der Waals surface area contributed by atoms with Gasteiger partial charge < -0.3 is 0 Å². The zero-order chi connectivity index (χ0) is 8.27. The summed E-state index contributed by atoms with van der Waals surface area (Å²) in [5, 5.41) is 2.84. The van der Waals surface area contributed by atoms with E-state index in [1.165, 1.54) is 6.07 Å². The predicted octanol–water partition coefficient (Wildman–Crippen LogP) is 2.90. The monoisotopic (exact) mass is 187 g/mol. The fourth-order valence-electron chi connectivity index (χ4n) is 0.743. The second-order valence-electron chi connectivity index (χ2n) is 2.06. The van der Waals surface area contributed by atoms with Gasteiger partial charge in [0.1, 0.15) is 5.82 Å². The molecular weight excluding hydrogens is 183 g/mol. The molecule has 0 amide bonds. The Labute approximate surface area is 75.0 Å². The van der Waals surface area contributed by atoms with E-state index in [1.807, 2.05) is 0 Å². The minimum Gasteiger partial charge on any atom is -0.207 e. The molecule has 57 valence electrons. The Kier molecular flexibility index (Phi) is 2.97. The highest BCUT2D eigenvalue weighted by Crippen LogP contribution is 2.14. The van der Waals surface area contributed by atoms with Crippen molar-refractivity contribution >= 4 is 29.2 Å². The molecule has 1 radical (unpaired) electrons. The molecule has 0 aliphatic rings. The van der Waals surface area contributed by atoms with E-state index in [-0.39, 0.29) is 5.82 Å². The van der Waals surface area contributed by atoms with E-state index in [1.54, 1.807) is 12.1 Å². The van der Waals surface area contributed by atoms with Gasteiger partial charge in [-0.3, -0.25) is 0 Å². The Morgan fingerprint density at radius 3 is 2.82 bits per heavy atom. The molecule has 0 N–H and O–H groups in total. The molecule has 0 spiro atoms.